The average Bonchev–Trinajstić information content (AvgIpc) is 2.40. The van der Waals surface area contributed by atoms with E-state index in [9.17, 15) is 8.42 Å². The van der Waals surface area contributed by atoms with Crippen LogP contribution < -0.4 is 15.2 Å². The van der Waals surface area contributed by atoms with Crippen LogP contribution in [-0.4, -0.2) is 19.7 Å². The highest BCUT2D eigenvalue weighted by Gasteiger charge is 2.03. The highest BCUT2D eigenvalue weighted by molar-refractivity contribution is 7.92. The molecule has 0 aliphatic carbocycles. The number of sulfonamides is 1. The highest BCUT2D eigenvalue weighted by atomic mass is 32.2. The molecule has 1 aromatic carbocycles. The van der Waals surface area contributed by atoms with E-state index in [-0.39, 0.29) is 0 Å². The van der Waals surface area contributed by atoms with Crippen LogP contribution in [0.25, 0.3) is 0 Å². The maximum Gasteiger partial charge on any atom is 0.229 e. The third-order valence-corrected chi connectivity index (χ3v) is 3.00. The van der Waals surface area contributed by atoms with Gasteiger partial charge < -0.3 is 10.5 Å². The van der Waals surface area contributed by atoms with Crippen LogP contribution >= 0.6 is 0 Å². The second-order valence-electron chi connectivity index (χ2n) is 4.19. The van der Waals surface area contributed by atoms with Crippen LogP contribution in [0.4, 0.5) is 5.69 Å². The molecule has 106 valence electrons. The maximum atomic E-state index is 11.1. The van der Waals surface area contributed by atoms with Gasteiger partial charge in [-0.2, -0.15) is 0 Å². The van der Waals surface area contributed by atoms with Crippen LogP contribution in [0.2, 0.25) is 0 Å². The van der Waals surface area contributed by atoms with Gasteiger partial charge in [-0.05, 0) is 30.3 Å². The molecule has 2 rings (SSSR count). The molecular formula is C13H15N3O3S. The first kappa shape index (κ1) is 14.3. The van der Waals surface area contributed by atoms with Crippen molar-refractivity contribution in [3.8, 4) is 11.5 Å². The molecule has 0 unspecified atom stereocenters. The van der Waals surface area contributed by atoms with Gasteiger partial charge in [-0.1, -0.05) is 0 Å². The Kier molecular flexibility index (Phi) is 4.21. The molecule has 1 heterocycles. The fourth-order valence-electron chi connectivity index (χ4n) is 1.57. The van der Waals surface area contributed by atoms with Crippen LogP contribution in [0, 0.1) is 0 Å². The Morgan fingerprint density at radius 2 is 1.90 bits per heavy atom. The van der Waals surface area contributed by atoms with Gasteiger partial charge in [-0.3, -0.25) is 9.71 Å². The van der Waals surface area contributed by atoms with Gasteiger partial charge in [0, 0.05) is 24.5 Å². The minimum atomic E-state index is -3.27. The standard InChI is InChI=1S/C13H15N3O3S/c1-20(17,18)16-10-2-4-12(5-3-10)19-13-6-7-15-11(8-13)9-14/h2-8,16H,9,14H2,1H3. The third-order valence-electron chi connectivity index (χ3n) is 2.39. The van der Waals surface area contributed by atoms with Crippen LogP contribution in [0.3, 0.4) is 0 Å². The molecular weight excluding hydrogens is 278 g/mol. The first-order valence-corrected chi connectivity index (χ1v) is 7.76. The molecule has 2 aromatic rings. The lowest BCUT2D eigenvalue weighted by molar-refractivity contribution is 0.481. The molecule has 20 heavy (non-hydrogen) atoms. The van der Waals surface area contributed by atoms with E-state index in [2.05, 4.69) is 9.71 Å². The summed E-state index contributed by atoms with van der Waals surface area (Å²) >= 11 is 0. The van der Waals surface area contributed by atoms with Gasteiger partial charge in [0.25, 0.3) is 0 Å². The van der Waals surface area contributed by atoms with E-state index in [0.29, 0.717) is 23.7 Å². The van der Waals surface area contributed by atoms with Crippen molar-refractivity contribution in [2.75, 3.05) is 11.0 Å². The van der Waals surface area contributed by atoms with Gasteiger partial charge in [0.1, 0.15) is 11.5 Å². The normalized spacial score (nSPS) is 11.1. The molecule has 0 radical (unpaired) electrons. The van der Waals surface area contributed by atoms with E-state index in [0.717, 1.165) is 11.9 Å². The molecule has 0 saturated heterocycles. The molecule has 6 nitrogen and oxygen atoms in total. The molecule has 0 aliphatic rings. The predicted molar refractivity (Wildman–Crippen MR) is 77.1 cm³/mol. The second kappa shape index (κ2) is 5.89. The summed E-state index contributed by atoms with van der Waals surface area (Å²) in [6.45, 7) is 0.342. The summed E-state index contributed by atoms with van der Waals surface area (Å²) in [6.07, 6.45) is 2.72. The Labute approximate surface area is 117 Å². The number of ether oxygens (including phenoxy) is 1. The molecule has 0 spiro atoms. The predicted octanol–water partition coefficient (Wildman–Crippen LogP) is 1.70. The van der Waals surface area contributed by atoms with E-state index in [1.54, 1.807) is 42.6 Å². The highest BCUT2D eigenvalue weighted by Crippen LogP contribution is 2.23. The number of benzene rings is 1. The van der Waals surface area contributed by atoms with Crippen molar-refractivity contribution in [3.05, 3.63) is 48.3 Å². The lowest BCUT2D eigenvalue weighted by atomic mass is 10.3. The number of hydrogen-bond donors (Lipinski definition) is 2. The van der Waals surface area contributed by atoms with Gasteiger partial charge in [0.05, 0.1) is 11.9 Å². The smallest absolute Gasteiger partial charge is 0.229 e. The van der Waals surface area contributed by atoms with E-state index in [4.69, 9.17) is 10.5 Å². The molecule has 0 aliphatic heterocycles. The van der Waals surface area contributed by atoms with Gasteiger partial charge >= 0.3 is 0 Å². The molecule has 1 aromatic heterocycles. The third kappa shape index (κ3) is 4.22. The van der Waals surface area contributed by atoms with Crippen molar-refractivity contribution < 1.29 is 13.2 Å². The van der Waals surface area contributed by atoms with Gasteiger partial charge in [-0.25, -0.2) is 8.42 Å². The molecule has 0 amide bonds. The lowest BCUT2D eigenvalue weighted by Gasteiger charge is -2.08. The van der Waals surface area contributed by atoms with Gasteiger partial charge in [0.2, 0.25) is 10.0 Å². The quantitative estimate of drug-likeness (QED) is 0.875. The molecule has 0 fully saturated rings. The fraction of sp³-hybridized carbons (Fsp3) is 0.154. The number of nitrogens with zero attached hydrogens (tertiary/aromatic N) is 1. The van der Waals surface area contributed by atoms with E-state index in [1.165, 1.54) is 0 Å². The number of hydrogen-bond acceptors (Lipinski definition) is 5. The Morgan fingerprint density at radius 3 is 2.50 bits per heavy atom. The number of aromatic nitrogens is 1. The van der Waals surface area contributed by atoms with Crippen molar-refractivity contribution in [1.29, 1.82) is 0 Å². The monoisotopic (exact) mass is 293 g/mol. The summed E-state index contributed by atoms with van der Waals surface area (Å²) in [6, 6.07) is 10.1. The summed E-state index contributed by atoms with van der Waals surface area (Å²) < 4.78 is 30.2. The van der Waals surface area contributed by atoms with Crippen LogP contribution in [0.1, 0.15) is 5.69 Å². The van der Waals surface area contributed by atoms with Crippen LogP contribution in [0.5, 0.6) is 11.5 Å². The summed E-state index contributed by atoms with van der Waals surface area (Å²) in [4.78, 5) is 4.07. The fourth-order valence-corrected chi connectivity index (χ4v) is 2.14. The van der Waals surface area contributed by atoms with E-state index >= 15 is 0 Å². The van der Waals surface area contributed by atoms with Crippen LogP contribution in [-0.2, 0) is 16.6 Å². The minimum Gasteiger partial charge on any atom is -0.457 e. The van der Waals surface area contributed by atoms with Crippen molar-refractivity contribution in [3.63, 3.8) is 0 Å². The van der Waals surface area contributed by atoms with Crippen molar-refractivity contribution in [2.24, 2.45) is 5.73 Å². The summed E-state index contributed by atoms with van der Waals surface area (Å²) in [5.41, 5.74) is 6.73. The maximum absolute atomic E-state index is 11.1. The zero-order chi connectivity index (χ0) is 14.6. The van der Waals surface area contributed by atoms with Crippen LogP contribution in [0.15, 0.2) is 42.6 Å². The summed E-state index contributed by atoms with van der Waals surface area (Å²) in [5.74, 6) is 1.22. The first-order chi connectivity index (χ1) is 9.46. The average molecular weight is 293 g/mol. The van der Waals surface area contributed by atoms with Crippen molar-refractivity contribution in [2.45, 2.75) is 6.54 Å². The Hall–Kier alpha value is -2.12. The zero-order valence-electron chi connectivity index (χ0n) is 10.9. The molecule has 0 saturated carbocycles. The van der Waals surface area contributed by atoms with E-state index in [1.807, 2.05) is 0 Å². The Balaban J connectivity index is 2.10. The second-order valence-corrected chi connectivity index (χ2v) is 5.94. The Bertz CT molecular complexity index is 684. The number of nitrogens with two attached hydrogens (primary N) is 1. The number of nitrogens with one attached hydrogen (secondary N) is 1. The zero-order valence-corrected chi connectivity index (χ0v) is 11.7. The number of pyridine rings is 1. The number of rotatable bonds is 5. The lowest BCUT2D eigenvalue weighted by Crippen LogP contribution is -2.09. The van der Waals surface area contributed by atoms with Crippen molar-refractivity contribution >= 4 is 15.7 Å². The van der Waals surface area contributed by atoms with Crippen molar-refractivity contribution in [1.82, 2.24) is 4.98 Å². The minimum absolute atomic E-state index is 0.342. The summed E-state index contributed by atoms with van der Waals surface area (Å²) in [7, 11) is -3.27. The topological polar surface area (TPSA) is 94.3 Å². The van der Waals surface area contributed by atoms with E-state index < -0.39 is 10.0 Å². The number of anilines is 1. The molecule has 3 N–H and O–H groups in total. The van der Waals surface area contributed by atoms with Gasteiger partial charge in [-0.15, -0.1) is 0 Å². The molecule has 7 heteroatoms. The first-order valence-electron chi connectivity index (χ1n) is 5.87. The largest absolute Gasteiger partial charge is 0.457 e. The van der Waals surface area contributed by atoms with Gasteiger partial charge in [0.15, 0.2) is 0 Å². The summed E-state index contributed by atoms with van der Waals surface area (Å²) in [5, 5.41) is 0. The SMILES string of the molecule is CS(=O)(=O)Nc1ccc(Oc2ccnc(CN)c2)cc1. The molecule has 0 atom stereocenters. The molecule has 0 bridgehead atoms. The Morgan fingerprint density at radius 1 is 1.20 bits per heavy atom.